The Labute approximate surface area is 146 Å². The number of benzene rings is 2. The van der Waals surface area contributed by atoms with Crippen molar-refractivity contribution in [2.24, 2.45) is 5.11 Å². The minimum atomic E-state index is -0.0485. The molecule has 0 N–H and O–H groups in total. The van der Waals surface area contributed by atoms with Gasteiger partial charge in [-0.1, -0.05) is 35.5 Å². The molecule has 126 valence electrons. The first-order valence-electron chi connectivity index (χ1n) is 8.06. The van der Waals surface area contributed by atoms with Gasteiger partial charge in [0.1, 0.15) is 0 Å². The summed E-state index contributed by atoms with van der Waals surface area (Å²) in [7, 11) is 0. The van der Waals surface area contributed by atoms with Crippen LogP contribution in [0.15, 0.2) is 59.7 Å². The summed E-state index contributed by atoms with van der Waals surface area (Å²) in [6.45, 7) is 3.22. The fraction of sp³-hybridized carbons (Fsp3) is 0.211. The molecule has 1 fully saturated rings. The minimum absolute atomic E-state index is 0.0485. The number of ketones is 1. The molecule has 2 aromatic rings. The van der Waals surface area contributed by atoms with E-state index in [0.717, 1.165) is 37.6 Å². The standard InChI is InChI=1S/C19H18N4O2/c20-22-21-17-6-1-15(2-7-17)3-10-19(24)16-4-8-18(9-5-16)23-11-13-25-14-12-23/h1-10H,11-14H2. The van der Waals surface area contributed by atoms with E-state index in [4.69, 9.17) is 10.3 Å². The van der Waals surface area contributed by atoms with Crippen molar-refractivity contribution in [1.29, 1.82) is 0 Å². The van der Waals surface area contributed by atoms with E-state index in [-0.39, 0.29) is 5.78 Å². The average molecular weight is 334 g/mol. The van der Waals surface area contributed by atoms with Crippen LogP contribution < -0.4 is 4.90 Å². The van der Waals surface area contributed by atoms with E-state index in [1.165, 1.54) is 0 Å². The van der Waals surface area contributed by atoms with Crippen molar-refractivity contribution in [2.75, 3.05) is 31.2 Å². The lowest BCUT2D eigenvalue weighted by Gasteiger charge is -2.28. The SMILES string of the molecule is [N-]=[N+]=Nc1ccc(C=CC(=O)c2ccc(N3CCOCC3)cc2)cc1. The topological polar surface area (TPSA) is 78.3 Å². The van der Waals surface area contributed by atoms with Crippen LogP contribution in [0.4, 0.5) is 11.4 Å². The molecule has 0 amide bonds. The normalized spacial score (nSPS) is 14.3. The molecule has 0 atom stereocenters. The zero-order valence-electron chi connectivity index (χ0n) is 13.7. The Balaban J connectivity index is 1.65. The number of carbonyl (C=O) groups excluding carboxylic acids is 1. The number of hydrogen-bond acceptors (Lipinski definition) is 4. The van der Waals surface area contributed by atoms with Crippen molar-refractivity contribution >= 4 is 23.2 Å². The van der Waals surface area contributed by atoms with Gasteiger partial charge in [-0.2, -0.15) is 0 Å². The maximum Gasteiger partial charge on any atom is 0.185 e. The van der Waals surface area contributed by atoms with Crippen LogP contribution in [0.3, 0.4) is 0 Å². The summed E-state index contributed by atoms with van der Waals surface area (Å²) in [5, 5.41) is 3.52. The van der Waals surface area contributed by atoms with Crippen LogP contribution >= 0.6 is 0 Å². The van der Waals surface area contributed by atoms with E-state index in [2.05, 4.69) is 14.9 Å². The Bertz CT molecular complexity index is 800. The quantitative estimate of drug-likeness (QED) is 0.268. The van der Waals surface area contributed by atoms with Crippen LogP contribution in [0.1, 0.15) is 15.9 Å². The molecular formula is C19H18N4O2. The molecule has 1 aliphatic rings. The molecule has 0 aliphatic carbocycles. The molecule has 2 aromatic carbocycles. The summed E-state index contributed by atoms with van der Waals surface area (Å²) in [6.07, 6.45) is 3.30. The van der Waals surface area contributed by atoms with Crippen LogP contribution in [0.2, 0.25) is 0 Å². The molecule has 1 saturated heterocycles. The zero-order chi connectivity index (χ0) is 17.5. The summed E-state index contributed by atoms with van der Waals surface area (Å²) >= 11 is 0. The molecule has 0 saturated carbocycles. The molecule has 0 spiro atoms. The van der Waals surface area contributed by atoms with Gasteiger partial charge in [0.15, 0.2) is 5.78 Å². The first-order valence-corrected chi connectivity index (χ1v) is 8.06. The minimum Gasteiger partial charge on any atom is -0.378 e. The summed E-state index contributed by atoms with van der Waals surface area (Å²) in [5.74, 6) is -0.0485. The van der Waals surface area contributed by atoms with Gasteiger partial charge in [0.2, 0.25) is 0 Å². The van der Waals surface area contributed by atoms with Gasteiger partial charge in [-0.05, 0) is 41.4 Å². The largest absolute Gasteiger partial charge is 0.378 e. The van der Waals surface area contributed by atoms with Gasteiger partial charge in [0, 0.05) is 34.9 Å². The molecule has 1 aliphatic heterocycles. The molecular weight excluding hydrogens is 316 g/mol. The summed E-state index contributed by atoms with van der Waals surface area (Å²) in [6, 6.07) is 14.7. The van der Waals surface area contributed by atoms with Crippen molar-refractivity contribution in [3.05, 3.63) is 76.2 Å². The Morgan fingerprint density at radius 3 is 2.40 bits per heavy atom. The number of anilines is 1. The lowest BCUT2D eigenvalue weighted by molar-refractivity contribution is 0.104. The third kappa shape index (κ3) is 4.47. The van der Waals surface area contributed by atoms with Gasteiger partial charge in [0.05, 0.1) is 13.2 Å². The first kappa shape index (κ1) is 16.8. The molecule has 6 nitrogen and oxygen atoms in total. The van der Waals surface area contributed by atoms with E-state index in [1.54, 1.807) is 36.4 Å². The highest BCUT2D eigenvalue weighted by Crippen LogP contribution is 2.18. The van der Waals surface area contributed by atoms with Crippen molar-refractivity contribution < 1.29 is 9.53 Å². The van der Waals surface area contributed by atoms with E-state index in [0.29, 0.717) is 11.3 Å². The highest BCUT2D eigenvalue weighted by Gasteiger charge is 2.11. The zero-order valence-corrected chi connectivity index (χ0v) is 13.7. The number of carbonyl (C=O) groups is 1. The molecule has 0 radical (unpaired) electrons. The number of hydrogen-bond donors (Lipinski definition) is 0. The van der Waals surface area contributed by atoms with Crippen molar-refractivity contribution in [2.45, 2.75) is 0 Å². The lowest BCUT2D eigenvalue weighted by Crippen LogP contribution is -2.36. The fourth-order valence-electron chi connectivity index (χ4n) is 2.63. The molecule has 0 unspecified atom stereocenters. The highest BCUT2D eigenvalue weighted by molar-refractivity contribution is 6.07. The Hall–Kier alpha value is -3.08. The Kier molecular flexibility index (Phi) is 5.46. The summed E-state index contributed by atoms with van der Waals surface area (Å²) < 4.78 is 5.35. The molecule has 25 heavy (non-hydrogen) atoms. The second-order valence-corrected chi connectivity index (χ2v) is 5.62. The molecule has 0 aromatic heterocycles. The predicted octanol–water partition coefficient (Wildman–Crippen LogP) is 4.36. The number of rotatable bonds is 5. The second kappa shape index (κ2) is 8.15. The van der Waals surface area contributed by atoms with Crippen LogP contribution in [-0.2, 0) is 4.74 Å². The maximum absolute atomic E-state index is 12.3. The highest BCUT2D eigenvalue weighted by atomic mass is 16.5. The maximum atomic E-state index is 12.3. The van der Waals surface area contributed by atoms with Gasteiger partial charge >= 0.3 is 0 Å². The van der Waals surface area contributed by atoms with E-state index in [9.17, 15) is 4.79 Å². The number of ether oxygens (including phenoxy) is 1. The monoisotopic (exact) mass is 334 g/mol. The van der Waals surface area contributed by atoms with Crippen molar-refractivity contribution in [1.82, 2.24) is 0 Å². The molecule has 3 rings (SSSR count). The smallest absolute Gasteiger partial charge is 0.185 e. The Morgan fingerprint density at radius 2 is 1.76 bits per heavy atom. The van der Waals surface area contributed by atoms with E-state index < -0.39 is 0 Å². The van der Waals surface area contributed by atoms with E-state index in [1.807, 2.05) is 24.3 Å². The van der Waals surface area contributed by atoms with Crippen LogP contribution in [0, 0.1) is 0 Å². The first-order chi connectivity index (χ1) is 12.3. The van der Waals surface area contributed by atoms with Gasteiger partial charge in [0.25, 0.3) is 0 Å². The third-order valence-corrected chi connectivity index (χ3v) is 4.01. The van der Waals surface area contributed by atoms with Gasteiger partial charge in [-0.25, -0.2) is 0 Å². The number of allylic oxidation sites excluding steroid dienone is 1. The van der Waals surface area contributed by atoms with Gasteiger partial charge in [-0.3, -0.25) is 4.79 Å². The molecule has 1 heterocycles. The second-order valence-electron chi connectivity index (χ2n) is 5.62. The fourth-order valence-corrected chi connectivity index (χ4v) is 2.63. The summed E-state index contributed by atoms with van der Waals surface area (Å²) in [4.78, 5) is 17.3. The van der Waals surface area contributed by atoms with Crippen LogP contribution in [0.25, 0.3) is 16.5 Å². The van der Waals surface area contributed by atoms with Crippen LogP contribution in [0.5, 0.6) is 0 Å². The molecule has 6 heteroatoms. The van der Waals surface area contributed by atoms with E-state index >= 15 is 0 Å². The van der Waals surface area contributed by atoms with Gasteiger partial charge in [-0.15, -0.1) is 0 Å². The number of nitrogens with zero attached hydrogens (tertiary/aromatic N) is 4. The average Bonchev–Trinajstić information content (AvgIpc) is 2.68. The predicted molar refractivity (Wildman–Crippen MR) is 98.1 cm³/mol. The molecule has 0 bridgehead atoms. The van der Waals surface area contributed by atoms with Crippen molar-refractivity contribution in [3.8, 4) is 0 Å². The summed E-state index contributed by atoms with van der Waals surface area (Å²) in [5.41, 5.74) is 11.6. The van der Waals surface area contributed by atoms with Crippen LogP contribution in [-0.4, -0.2) is 32.1 Å². The Morgan fingerprint density at radius 1 is 1.08 bits per heavy atom. The number of morpholine rings is 1. The third-order valence-electron chi connectivity index (χ3n) is 4.01. The van der Waals surface area contributed by atoms with Crippen molar-refractivity contribution in [3.63, 3.8) is 0 Å². The lowest BCUT2D eigenvalue weighted by atomic mass is 10.1. The van der Waals surface area contributed by atoms with Gasteiger partial charge < -0.3 is 9.64 Å². The number of azide groups is 1.